The summed E-state index contributed by atoms with van der Waals surface area (Å²) in [5.41, 5.74) is 5.25. The summed E-state index contributed by atoms with van der Waals surface area (Å²) < 4.78 is 15.3. The molecule has 0 bridgehead atoms. The fourth-order valence-corrected chi connectivity index (χ4v) is 2.09. The van der Waals surface area contributed by atoms with Gasteiger partial charge < -0.3 is 45.7 Å². The Morgan fingerprint density at radius 2 is 2.00 bits per heavy atom. The van der Waals surface area contributed by atoms with E-state index in [1.165, 1.54) is 6.92 Å². The quantitative estimate of drug-likeness (QED) is 0.194. The maximum absolute atomic E-state index is 11.2. The molecule has 10 nitrogen and oxygen atoms in total. The first-order valence-electron chi connectivity index (χ1n) is 6.91. The van der Waals surface area contributed by atoms with E-state index < -0.39 is 42.8 Å². The lowest BCUT2D eigenvalue weighted by molar-refractivity contribution is -0.426. The van der Waals surface area contributed by atoms with Crippen molar-refractivity contribution < 1.29 is 39.4 Å². The minimum absolute atomic E-state index is 0.0953. The number of nitrogens with two attached hydrogens (primary N) is 1. The van der Waals surface area contributed by atoms with Gasteiger partial charge in [-0.1, -0.05) is 0 Å². The van der Waals surface area contributed by atoms with Crippen molar-refractivity contribution in [3.63, 3.8) is 0 Å². The second-order valence-corrected chi connectivity index (χ2v) is 4.88. The molecule has 1 amide bonds. The molecule has 1 heterocycles. The monoisotopic (exact) mass is 324 g/mol. The summed E-state index contributed by atoms with van der Waals surface area (Å²) in [4.78, 5) is 11.2. The average molecular weight is 324 g/mol. The molecule has 130 valence electrons. The first-order chi connectivity index (χ1) is 10.4. The Balaban J connectivity index is 2.76. The lowest BCUT2D eigenvalue weighted by Gasteiger charge is -2.46. The van der Waals surface area contributed by atoms with Crippen LogP contribution in [0.1, 0.15) is 6.92 Å². The van der Waals surface area contributed by atoms with Crippen LogP contribution < -0.4 is 11.1 Å². The van der Waals surface area contributed by atoms with Gasteiger partial charge in [0.1, 0.15) is 24.4 Å². The van der Waals surface area contributed by atoms with Crippen LogP contribution in [0.3, 0.4) is 0 Å². The predicted octanol–water partition coefficient (Wildman–Crippen LogP) is -3.76. The van der Waals surface area contributed by atoms with Gasteiger partial charge in [-0.2, -0.15) is 0 Å². The number of aliphatic hydroxyl groups is 4. The van der Waals surface area contributed by atoms with Crippen LogP contribution in [-0.2, 0) is 19.0 Å². The molecule has 0 radical (unpaired) electrons. The maximum Gasteiger partial charge on any atom is 0.305 e. The van der Waals surface area contributed by atoms with Crippen LogP contribution in [0.4, 0.5) is 0 Å². The van der Waals surface area contributed by atoms with Crippen molar-refractivity contribution in [1.29, 1.82) is 0 Å². The van der Waals surface area contributed by atoms with Gasteiger partial charge in [-0.25, -0.2) is 0 Å². The third-order valence-electron chi connectivity index (χ3n) is 3.12. The highest BCUT2D eigenvalue weighted by Crippen LogP contribution is 2.29. The van der Waals surface area contributed by atoms with E-state index in [9.17, 15) is 20.1 Å². The van der Waals surface area contributed by atoms with Crippen LogP contribution in [0.2, 0.25) is 0 Å². The smallest absolute Gasteiger partial charge is 0.305 e. The summed E-state index contributed by atoms with van der Waals surface area (Å²) in [6.45, 7) is 1.12. The molecule has 0 aliphatic carbocycles. The van der Waals surface area contributed by atoms with Crippen molar-refractivity contribution in [2.45, 2.75) is 37.3 Å². The number of rotatable bonds is 8. The first kappa shape index (κ1) is 19.2. The predicted molar refractivity (Wildman–Crippen MR) is 72.4 cm³/mol. The molecule has 5 atom stereocenters. The molecule has 0 aromatic rings. The molecule has 1 rings (SSSR count). The minimum atomic E-state index is -2.41. The molecule has 0 aromatic carbocycles. The minimum Gasteiger partial charge on any atom is -0.394 e. The van der Waals surface area contributed by atoms with Crippen LogP contribution in [0.15, 0.2) is 0 Å². The van der Waals surface area contributed by atoms with Crippen molar-refractivity contribution in [3.05, 3.63) is 0 Å². The molecule has 0 saturated carbocycles. The van der Waals surface area contributed by atoms with Gasteiger partial charge in [0.15, 0.2) is 0 Å². The lowest BCUT2D eigenvalue weighted by atomic mass is 9.95. The van der Waals surface area contributed by atoms with E-state index in [2.05, 4.69) is 5.32 Å². The number of nitrogens with one attached hydrogen (secondary N) is 1. The average Bonchev–Trinajstić information content (AvgIpc) is 2.47. The Labute approximate surface area is 127 Å². The van der Waals surface area contributed by atoms with E-state index in [0.717, 1.165) is 0 Å². The van der Waals surface area contributed by atoms with Crippen LogP contribution in [0.5, 0.6) is 0 Å². The van der Waals surface area contributed by atoms with Gasteiger partial charge >= 0.3 is 5.97 Å². The summed E-state index contributed by atoms with van der Waals surface area (Å²) in [5, 5.41) is 41.6. The van der Waals surface area contributed by atoms with Gasteiger partial charge in [-0.15, -0.1) is 0 Å². The highest BCUT2D eigenvalue weighted by Gasteiger charge is 2.55. The number of carbonyl (C=O) groups excluding carboxylic acids is 1. The fraction of sp³-hybridized carbons (Fsp3) is 0.917. The summed E-state index contributed by atoms with van der Waals surface area (Å²) in [6.07, 6.45) is -4.36. The molecule has 10 heteroatoms. The Hall–Kier alpha value is -0.850. The molecule has 0 aromatic heterocycles. The van der Waals surface area contributed by atoms with E-state index in [4.69, 9.17) is 25.1 Å². The van der Waals surface area contributed by atoms with Crippen LogP contribution >= 0.6 is 0 Å². The number of ether oxygens (including phenoxy) is 3. The lowest BCUT2D eigenvalue weighted by Crippen LogP contribution is -2.71. The number of hydrogen-bond acceptors (Lipinski definition) is 9. The SMILES string of the molecule is CC(=O)N[C@@H]1[C@@H](O)[C@@H](O)[C@@H](CO)O[C@]1(O)OCCOCCN. The number of amides is 1. The molecular weight excluding hydrogens is 300 g/mol. The summed E-state index contributed by atoms with van der Waals surface area (Å²) in [5.74, 6) is -2.98. The van der Waals surface area contributed by atoms with E-state index in [1.54, 1.807) is 0 Å². The normalized spacial score (nSPS) is 35.4. The van der Waals surface area contributed by atoms with Gasteiger partial charge in [0, 0.05) is 13.5 Å². The molecule has 1 saturated heterocycles. The highest BCUT2D eigenvalue weighted by molar-refractivity contribution is 5.73. The Morgan fingerprint density at radius 3 is 2.55 bits per heavy atom. The molecule has 7 N–H and O–H groups in total. The third kappa shape index (κ3) is 4.83. The van der Waals surface area contributed by atoms with Gasteiger partial charge in [-0.05, 0) is 0 Å². The molecule has 1 fully saturated rings. The van der Waals surface area contributed by atoms with E-state index in [-0.39, 0.29) is 13.2 Å². The topological polar surface area (TPSA) is 164 Å². The largest absolute Gasteiger partial charge is 0.394 e. The van der Waals surface area contributed by atoms with Crippen LogP contribution in [-0.4, -0.2) is 89.6 Å². The van der Waals surface area contributed by atoms with E-state index in [0.29, 0.717) is 13.2 Å². The van der Waals surface area contributed by atoms with E-state index in [1.807, 2.05) is 0 Å². The highest BCUT2D eigenvalue weighted by atomic mass is 16.8. The molecule has 0 unspecified atom stereocenters. The third-order valence-corrected chi connectivity index (χ3v) is 3.12. The standard InChI is InChI=1S/C12H24N2O8/c1-7(16)14-11-10(18)9(17)8(6-15)22-12(11,19)21-5-4-20-3-2-13/h8-11,15,17-19H,2-6,13H2,1H3,(H,14,16)/t8-,9+,10+,11-,12-/m1/s1. The van der Waals surface area contributed by atoms with Crippen molar-refractivity contribution in [2.75, 3.05) is 33.0 Å². The zero-order valence-electron chi connectivity index (χ0n) is 12.3. The summed E-state index contributed by atoms with van der Waals surface area (Å²) in [6, 6.07) is -1.43. The molecule has 1 aliphatic rings. The van der Waals surface area contributed by atoms with Gasteiger partial charge in [0.25, 0.3) is 0 Å². The second kappa shape index (κ2) is 8.70. The first-order valence-corrected chi connectivity index (χ1v) is 6.91. The van der Waals surface area contributed by atoms with Crippen molar-refractivity contribution in [3.8, 4) is 0 Å². The van der Waals surface area contributed by atoms with E-state index >= 15 is 0 Å². The molecule has 1 aliphatic heterocycles. The van der Waals surface area contributed by atoms with Crippen LogP contribution in [0.25, 0.3) is 0 Å². The van der Waals surface area contributed by atoms with Crippen molar-refractivity contribution in [2.24, 2.45) is 5.73 Å². The Bertz CT molecular complexity index is 358. The molecule has 22 heavy (non-hydrogen) atoms. The number of carbonyl (C=O) groups is 1. The zero-order chi connectivity index (χ0) is 16.8. The van der Waals surface area contributed by atoms with Gasteiger partial charge in [-0.3, -0.25) is 4.79 Å². The van der Waals surface area contributed by atoms with Crippen molar-refractivity contribution >= 4 is 5.91 Å². The summed E-state index contributed by atoms with van der Waals surface area (Å²) in [7, 11) is 0. The van der Waals surface area contributed by atoms with Gasteiger partial charge in [0.2, 0.25) is 5.91 Å². The number of aliphatic hydroxyl groups excluding tert-OH is 3. The van der Waals surface area contributed by atoms with Crippen molar-refractivity contribution in [1.82, 2.24) is 5.32 Å². The van der Waals surface area contributed by atoms with Gasteiger partial charge in [0.05, 0.1) is 26.4 Å². The molecule has 0 spiro atoms. The Morgan fingerprint density at radius 1 is 1.32 bits per heavy atom. The Kier molecular flexibility index (Phi) is 7.59. The van der Waals surface area contributed by atoms with Crippen LogP contribution in [0, 0.1) is 0 Å². The fourth-order valence-electron chi connectivity index (χ4n) is 2.09. The number of hydrogen-bond donors (Lipinski definition) is 6. The second-order valence-electron chi connectivity index (χ2n) is 4.88. The molecular formula is C12H24N2O8. The zero-order valence-corrected chi connectivity index (χ0v) is 12.3. The maximum atomic E-state index is 11.2. The summed E-state index contributed by atoms with van der Waals surface area (Å²) >= 11 is 0.